The predicted octanol–water partition coefficient (Wildman–Crippen LogP) is -0.754. The molecule has 1 fully saturated rings. The second-order valence-corrected chi connectivity index (χ2v) is 6.02. The third-order valence-corrected chi connectivity index (χ3v) is 4.93. The fourth-order valence-corrected chi connectivity index (χ4v) is 3.96. The fourth-order valence-electron chi connectivity index (χ4n) is 2.24. The van der Waals surface area contributed by atoms with Crippen LogP contribution in [0.1, 0.15) is 16.8 Å². The third-order valence-electron chi connectivity index (χ3n) is 3.08. The number of fused-ring (bicyclic) bond motifs is 1. The number of benzene rings is 1. The first-order valence-corrected chi connectivity index (χ1v) is 6.88. The van der Waals surface area contributed by atoms with Crippen molar-refractivity contribution in [1.29, 1.82) is 0 Å². The Bertz CT molecular complexity index is 724. The Hall–Kier alpha value is -2.22. The minimum atomic E-state index is -4.06. The molecule has 1 N–H and O–H groups in total. The van der Waals surface area contributed by atoms with Gasteiger partial charge < -0.3 is 0 Å². The zero-order valence-corrected chi connectivity index (χ0v) is 10.3. The van der Waals surface area contributed by atoms with Crippen molar-refractivity contribution in [1.82, 2.24) is 9.62 Å². The Morgan fingerprint density at radius 3 is 2.42 bits per heavy atom. The van der Waals surface area contributed by atoms with Gasteiger partial charge >= 0.3 is 0 Å². The quantitative estimate of drug-likeness (QED) is 0.682. The van der Waals surface area contributed by atoms with Crippen molar-refractivity contribution in [2.24, 2.45) is 0 Å². The number of hydrogen-bond donors (Lipinski definition) is 1. The second kappa shape index (κ2) is 3.64. The summed E-state index contributed by atoms with van der Waals surface area (Å²) in [5.74, 6) is -2.13. The Balaban J connectivity index is 2.14. The number of hydrogen-bond acceptors (Lipinski definition) is 5. The second-order valence-electron chi connectivity index (χ2n) is 4.23. The van der Waals surface area contributed by atoms with Crippen molar-refractivity contribution in [2.75, 3.05) is 0 Å². The molecule has 0 unspecified atom stereocenters. The molecule has 2 aliphatic heterocycles. The Kier molecular flexibility index (Phi) is 2.27. The van der Waals surface area contributed by atoms with Gasteiger partial charge in [-0.2, -0.15) is 0 Å². The summed E-state index contributed by atoms with van der Waals surface area (Å²) in [5, 5.41) is 1.99. The van der Waals surface area contributed by atoms with Crippen molar-refractivity contribution >= 4 is 27.7 Å². The van der Waals surface area contributed by atoms with Crippen LogP contribution in [0.4, 0.5) is 0 Å². The largest absolute Gasteiger partial charge is 0.295 e. The summed E-state index contributed by atoms with van der Waals surface area (Å²) < 4.78 is 25.0. The van der Waals surface area contributed by atoms with Gasteiger partial charge in [-0.3, -0.25) is 19.7 Å². The van der Waals surface area contributed by atoms with Gasteiger partial charge in [0.25, 0.3) is 21.8 Å². The molecule has 0 aliphatic carbocycles. The molecule has 1 atom stereocenters. The molecule has 98 valence electrons. The summed E-state index contributed by atoms with van der Waals surface area (Å²) >= 11 is 0. The lowest BCUT2D eigenvalue weighted by Gasteiger charge is -2.19. The van der Waals surface area contributed by atoms with E-state index in [2.05, 4.69) is 0 Å². The van der Waals surface area contributed by atoms with Crippen LogP contribution in [0.2, 0.25) is 0 Å². The van der Waals surface area contributed by atoms with Crippen LogP contribution >= 0.6 is 0 Å². The average Bonchev–Trinajstić information content (AvgIpc) is 2.77. The van der Waals surface area contributed by atoms with Gasteiger partial charge in [-0.1, -0.05) is 12.1 Å². The van der Waals surface area contributed by atoms with Gasteiger partial charge in [0.2, 0.25) is 5.91 Å². The molecule has 1 aromatic carbocycles. The molecular formula is C11H8N2O5S. The number of sulfonamides is 1. The van der Waals surface area contributed by atoms with Crippen molar-refractivity contribution in [3.8, 4) is 0 Å². The number of imide groups is 1. The summed E-state index contributed by atoms with van der Waals surface area (Å²) in [4.78, 5) is 34.7. The fraction of sp³-hybridized carbons (Fsp3) is 0.182. The molecule has 3 rings (SSSR count). The van der Waals surface area contributed by atoms with Gasteiger partial charge in [0.15, 0.2) is 0 Å². The van der Waals surface area contributed by atoms with E-state index in [1.54, 1.807) is 0 Å². The molecule has 19 heavy (non-hydrogen) atoms. The molecule has 2 heterocycles. The van der Waals surface area contributed by atoms with Crippen LogP contribution in [0.5, 0.6) is 0 Å². The highest BCUT2D eigenvalue weighted by Crippen LogP contribution is 2.33. The molecule has 0 spiro atoms. The molecule has 0 aromatic heterocycles. The van der Waals surface area contributed by atoms with Crippen LogP contribution in [-0.4, -0.2) is 36.5 Å². The van der Waals surface area contributed by atoms with Crippen LogP contribution in [0, 0.1) is 0 Å². The molecule has 2 aliphatic rings. The molecular weight excluding hydrogens is 272 g/mol. The first-order chi connectivity index (χ1) is 8.93. The zero-order valence-electron chi connectivity index (χ0n) is 9.49. The highest BCUT2D eigenvalue weighted by atomic mass is 32.2. The molecule has 1 aromatic rings. The highest BCUT2D eigenvalue weighted by molar-refractivity contribution is 7.90. The van der Waals surface area contributed by atoms with Gasteiger partial charge in [0.05, 0.1) is 12.0 Å². The molecule has 8 heteroatoms. The SMILES string of the molecule is O=C1C[C@H](N2C(=O)c3ccccc3S2(=O)=O)C(=O)N1. The lowest BCUT2D eigenvalue weighted by molar-refractivity contribution is -0.125. The number of amides is 3. The normalized spacial score (nSPS) is 24.5. The van der Waals surface area contributed by atoms with Crippen LogP contribution in [0.15, 0.2) is 29.2 Å². The molecule has 0 radical (unpaired) electrons. The summed E-state index contributed by atoms with van der Waals surface area (Å²) in [7, 11) is -4.06. The van der Waals surface area contributed by atoms with E-state index in [0.29, 0.717) is 4.31 Å². The zero-order chi connectivity index (χ0) is 13.8. The highest BCUT2D eigenvalue weighted by Gasteiger charge is 2.50. The van der Waals surface area contributed by atoms with Crippen molar-refractivity contribution < 1.29 is 22.8 Å². The summed E-state index contributed by atoms with van der Waals surface area (Å²) in [6.45, 7) is 0. The van der Waals surface area contributed by atoms with Gasteiger partial charge in [-0.25, -0.2) is 12.7 Å². The van der Waals surface area contributed by atoms with Gasteiger partial charge in [-0.05, 0) is 12.1 Å². The summed E-state index contributed by atoms with van der Waals surface area (Å²) in [6, 6.07) is 4.42. The van der Waals surface area contributed by atoms with E-state index in [1.165, 1.54) is 24.3 Å². The standard InChI is InChI=1S/C11H8N2O5S/c14-9-5-7(10(15)12-9)13-11(16)6-3-1-2-4-8(6)19(13,17)18/h1-4,7H,5H2,(H,12,14,15)/t7-/m0/s1. The first-order valence-electron chi connectivity index (χ1n) is 5.44. The van der Waals surface area contributed by atoms with E-state index in [1.807, 2.05) is 5.32 Å². The van der Waals surface area contributed by atoms with Gasteiger partial charge in [-0.15, -0.1) is 0 Å². The van der Waals surface area contributed by atoms with Crippen LogP contribution in [-0.2, 0) is 19.6 Å². The maximum Gasteiger partial charge on any atom is 0.269 e. The Morgan fingerprint density at radius 1 is 1.16 bits per heavy atom. The van der Waals surface area contributed by atoms with Gasteiger partial charge in [0, 0.05) is 0 Å². The van der Waals surface area contributed by atoms with E-state index in [4.69, 9.17) is 0 Å². The predicted molar refractivity (Wildman–Crippen MR) is 61.4 cm³/mol. The Morgan fingerprint density at radius 2 is 1.84 bits per heavy atom. The van der Waals surface area contributed by atoms with E-state index in [9.17, 15) is 22.8 Å². The average molecular weight is 280 g/mol. The summed E-state index contributed by atoms with van der Waals surface area (Å²) in [6.07, 6.45) is -0.336. The number of nitrogens with one attached hydrogen (secondary N) is 1. The van der Waals surface area contributed by atoms with E-state index in [0.717, 1.165) is 0 Å². The van der Waals surface area contributed by atoms with E-state index < -0.39 is 33.8 Å². The molecule has 0 bridgehead atoms. The minimum Gasteiger partial charge on any atom is -0.295 e. The maximum atomic E-state index is 12.2. The van der Waals surface area contributed by atoms with Crippen molar-refractivity contribution in [3.05, 3.63) is 29.8 Å². The molecule has 1 saturated heterocycles. The lowest BCUT2D eigenvalue weighted by Crippen LogP contribution is -2.44. The smallest absolute Gasteiger partial charge is 0.269 e. The third kappa shape index (κ3) is 1.49. The number of carbonyl (C=O) groups is 3. The lowest BCUT2D eigenvalue weighted by atomic mass is 10.2. The van der Waals surface area contributed by atoms with Crippen LogP contribution in [0.25, 0.3) is 0 Å². The van der Waals surface area contributed by atoms with Crippen LogP contribution in [0.3, 0.4) is 0 Å². The summed E-state index contributed by atoms with van der Waals surface area (Å²) in [5.41, 5.74) is 0.0228. The molecule has 3 amide bonds. The van der Waals surface area contributed by atoms with E-state index in [-0.39, 0.29) is 16.9 Å². The van der Waals surface area contributed by atoms with Crippen molar-refractivity contribution in [3.63, 3.8) is 0 Å². The number of nitrogens with zero attached hydrogens (tertiary/aromatic N) is 1. The number of carbonyl (C=O) groups excluding carboxylic acids is 3. The molecule has 0 saturated carbocycles. The van der Waals surface area contributed by atoms with Crippen LogP contribution < -0.4 is 5.32 Å². The first kappa shape index (κ1) is 11.8. The van der Waals surface area contributed by atoms with Crippen molar-refractivity contribution in [2.45, 2.75) is 17.4 Å². The Labute approximate surface area is 108 Å². The molecule has 7 nitrogen and oxygen atoms in total. The van der Waals surface area contributed by atoms with E-state index >= 15 is 0 Å². The van der Waals surface area contributed by atoms with Gasteiger partial charge in [0.1, 0.15) is 10.9 Å². The maximum absolute atomic E-state index is 12.2. The topological polar surface area (TPSA) is 101 Å². The minimum absolute atomic E-state index is 0.0228. The number of rotatable bonds is 1. The monoisotopic (exact) mass is 280 g/mol.